The van der Waals surface area contributed by atoms with Crippen LogP contribution in [-0.2, 0) is 4.79 Å². The zero-order valence-corrected chi connectivity index (χ0v) is 12.7. The lowest BCUT2D eigenvalue weighted by Gasteiger charge is -2.26. The molecule has 1 aromatic rings. The number of hydrogen-bond donors (Lipinski definition) is 3. The highest BCUT2D eigenvalue weighted by molar-refractivity contribution is 6.30. The molecule has 1 amide bonds. The summed E-state index contributed by atoms with van der Waals surface area (Å²) in [6.45, 7) is 3.99. The van der Waals surface area contributed by atoms with Crippen molar-refractivity contribution in [1.82, 2.24) is 10.4 Å². The first-order valence-corrected chi connectivity index (χ1v) is 7.25. The van der Waals surface area contributed by atoms with E-state index in [1.165, 1.54) is 0 Å². The topological polar surface area (TPSA) is 74.2 Å². The minimum absolute atomic E-state index is 0.0717. The summed E-state index contributed by atoms with van der Waals surface area (Å²) in [7, 11) is 0. The summed E-state index contributed by atoms with van der Waals surface area (Å²) in [6, 6.07) is 3.25. The number of nitrogens with zero attached hydrogens (tertiary/aromatic N) is 1. The molecule has 0 aromatic carbocycles. The second-order valence-corrected chi connectivity index (χ2v) is 5.37. The summed E-state index contributed by atoms with van der Waals surface area (Å²) in [5.41, 5.74) is 4.28. The van der Waals surface area contributed by atoms with Crippen molar-refractivity contribution >= 4 is 23.3 Å². The van der Waals surface area contributed by atoms with Gasteiger partial charge in [-0.3, -0.25) is 15.6 Å². The number of aliphatic hydroxyl groups is 1. The summed E-state index contributed by atoms with van der Waals surface area (Å²) < 4.78 is 0. The molecule has 0 saturated heterocycles. The van der Waals surface area contributed by atoms with Crippen LogP contribution in [0.1, 0.15) is 46.0 Å². The number of hydrazine groups is 1. The number of rotatable bonds is 8. The van der Waals surface area contributed by atoms with Gasteiger partial charge in [0, 0.05) is 17.3 Å². The predicted octanol–water partition coefficient (Wildman–Crippen LogP) is 2.90. The van der Waals surface area contributed by atoms with Crippen LogP contribution in [0.15, 0.2) is 18.3 Å². The third kappa shape index (κ3) is 5.75. The van der Waals surface area contributed by atoms with Crippen LogP contribution in [0.25, 0.3) is 0 Å². The molecule has 0 fully saturated rings. The minimum atomic E-state index is -0.934. The van der Waals surface area contributed by atoms with E-state index < -0.39 is 5.60 Å². The molecular formula is C14H22ClN3O2. The van der Waals surface area contributed by atoms with E-state index >= 15 is 0 Å². The first-order valence-electron chi connectivity index (χ1n) is 6.88. The molecule has 0 aliphatic heterocycles. The molecule has 0 aliphatic carbocycles. The quantitative estimate of drug-likeness (QED) is 0.645. The van der Waals surface area contributed by atoms with Gasteiger partial charge in [-0.25, -0.2) is 4.98 Å². The second-order valence-electron chi connectivity index (χ2n) is 4.93. The standard InChI is InChI=1S/C14H22ClN3O2/c1-3-6-14(20,7-4-2)10-13(19)18-17-12-9-11(15)5-8-16-12/h5,8-9,20H,3-4,6-7,10H2,1-2H3,(H,16,17)(H,18,19). The van der Waals surface area contributed by atoms with Crippen molar-refractivity contribution in [1.29, 1.82) is 0 Å². The average Bonchev–Trinajstić information content (AvgIpc) is 2.37. The van der Waals surface area contributed by atoms with Gasteiger partial charge in [0.05, 0.1) is 12.0 Å². The van der Waals surface area contributed by atoms with Gasteiger partial charge in [0.2, 0.25) is 5.91 Å². The molecule has 6 heteroatoms. The van der Waals surface area contributed by atoms with Crippen LogP contribution >= 0.6 is 11.6 Å². The number of halogens is 1. The normalized spacial score (nSPS) is 11.2. The number of carbonyl (C=O) groups excluding carboxylic acids is 1. The van der Waals surface area contributed by atoms with Gasteiger partial charge in [0.15, 0.2) is 0 Å². The zero-order valence-electron chi connectivity index (χ0n) is 11.9. The van der Waals surface area contributed by atoms with Crippen molar-refractivity contribution in [2.75, 3.05) is 5.43 Å². The molecule has 112 valence electrons. The molecule has 0 saturated carbocycles. The van der Waals surface area contributed by atoms with Crippen molar-refractivity contribution in [3.8, 4) is 0 Å². The molecule has 0 aliphatic rings. The minimum Gasteiger partial charge on any atom is -0.389 e. The van der Waals surface area contributed by atoms with Gasteiger partial charge in [-0.2, -0.15) is 0 Å². The third-order valence-electron chi connectivity index (χ3n) is 2.97. The van der Waals surface area contributed by atoms with Crippen LogP contribution in [0.3, 0.4) is 0 Å². The summed E-state index contributed by atoms with van der Waals surface area (Å²) in [5, 5.41) is 10.9. The lowest BCUT2D eigenvalue weighted by molar-refractivity contribution is -0.126. The lowest BCUT2D eigenvalue weighted by Crippen LogP contribution is -2.39. The van der Waals surface area contributed by atoms with Gasteiger partial charge in [-0.1, -0.05) is 38.3 Å². The Bertz CT molecular complexity index is 434. The van der Waals surface area contributed by atoms with Gasteiger partial charge < -0.3 is 5.11 Å². The molecule has 0 spiro atoms. The molecular weight excluding hydrogens is 278 g/mol. The number of aromatic nitrogens is 1. The highest BCUT2D eigenvalue weighted by Crippen LogP contribution is 2.23. The van der Waals surface area contributed by atoms with Gasteiger partial charge in [-0.15, -0.1) is 0 Å². The van der Waals surface area contributed by atoms with Gasteiger partial charge in [0.25, 0.3) is 0 Å². The van der Waals surface area contributed by atoms with Crippen molar-refractivity contribution in [3.63, 3.8) is 0 Å². The summed E-state index contributed by atoms with van der Waals surface area (Å²) in [4.78, 5) is 15.9. The first kappa shape index (κ1) is 16.7. The molecule has 1 rings (SSSR count). The molecule has 0 atom stereocenters. The molecule has 0 unspecified atom stereocenters. The number of nitrogens with one attached hydrogen (secondary N) is 2. The zero-order chi connectivity index (χ0) is 15.0. The third-order valence-corrected chi connectivity index (χ3v) is 3.21. The Morgan fingerprint density at radius 3 is 2.60 bits per heavy atom. The number of hydrogen-bond acceptors (Lipinski definition) is 4. The van der Waals surface area contributed by atoms with E-state index in [0.29, 0.717) is 23.7 Å². The van der Waals surface area contributed by atoms with E-state index in [1.807, 2.05) is 13.8 Å². The Kier molecular flexibility index (Phi) is 6.75. The van der Waals surface area contributed by atoms with Gasteiger partial charge in [0.1, 0.15) is 5.82 Å². The summed E-state index contributed by atoms with van der Waals surface area (Å²) in [6.07, 6.45) is 4.52. The van der Waals surface area contributed by atoms with Crippen molar-refractivity contribution < 1.29 is 9.90 Å². The Morgan fingerprint density at radius 2 is 2.05 bits per heavy atom. The van der Waals surface area contributed by atoms with Gasteiger partial charge in [-0.05, 0) is 18.9 Å². The monoisotopic (exact) mass is 299 g/mol. The molecule has 20 heavy (non-hydrogen) atoms. The number of pyridine rings is 1. The van der Waals surface area contributed by atoms with Crippen molar-refractivity contribution in [3.05, 3.63) is 23.4 Å². The SMILES string of the molecule is CCCC(O)(CCC)CC(=O)NNc1cc(Cl)ccn1. The molecule has 1 aromatic heterocycles. The Balaban J connectivity index is 2.49. The fourth-order valence-electron chi connectivity index (χ4n) is 2.18. The molecule has 5 nitrogen and oxygen atoms in total. The Hall–Kier alpha value is -1.33. The molecule has 0 bridgehead atoms. The van der Waals surface area contributed by atoms with E-state index in [-0.39, 0.29) is 12.3 Å². The first-order chi connectivity index (χ1) is 9.49. The summed E-state index contributed by atoms with van der Waals surface area (Å²) >= 11 is 5.82. The molecule has 1 heterocycles. The average molecular weight is 300 g/mol. The van der Waals surface area contributed by atoms with Crippen molar-refractivity contribution in [2.45, 2.75) is 51.6 Å². The highest BCUT2D eigenvalue weighted by Gasteiger charge is 2.28. The van der Waals surface area contributed by atoms with Crippen LogP contribution in [0.2, 0.25) is 5.02 Å². The fourth-order valence-corrected chi connectivity index (χ4v) is 2.34. The van der Waals surface area contributed by atoms with E-state index in [2.05, 4.69) is 15.8 Å². The number of anilines is 1. The Morgan fingerprint density at radius 1 is 1.40 bits per heavy atom. The van der Waals surface area contributed by atoms with E-state index in [4.69, 9.17) is 11.6 Å². The maximum Gasteiger partial charge on any atom is 0.241 e. The van der Waals surface area contributed by atoms with Crippen LogP contribution < -0.4 is 10.9 Å². The number of amides is 1. The van der Waals surface area contributed by atoms with E-state index in [9.17, 15) is 9.90 Å². The van der Waals surface area contributed by atoms with Crippen LogP contribution in [-0.4, -0.2) is 21.6 Å². The molecule has 0 radical (unpaired) electrons. The highest BCUT2D eigenvalue weighted by atomic mass is 35.5. The smallest absolute Gasteiger partial charge is 0.241 e. The van der Waals surface area contributed by atoms with Crippen LogP contribution in [0.4, 0.5) is 5.82 Å². The summed E-state index contributed by atoms with van der Waals surface area (Å²) in [5.74, 6) is 0.191. The van der Waals surface area contributed by atoms with Crippen molar-refractivity contribution in [2.24, 2.45) is 0 Å². The van der Waals surface area contributed by atoms with Crippen LogP contribution in [0.5, 0.6) is 0 Å². The number of carbonyl (C=O) groups is 1. The Labute approximate surface area is 124 Å². The largest absolute Gasteiger partial charge is 0.389 e. The molecule has 3 N–H and O–H groups in total. The lowest BCUT2D eigenvalue weighted by atomic mass is 9.89. The maximum atomic E-state index is 11.9. The predicted molar refractivity (Wildman–Crippen MR) is 80.4 cm³/mol. The van der Waals surface area contributed by atoms with Gasteiger partial charge >= 0.3 is 0 Å². The maximum absolute atomic E-state index is 11.9. The fraction of sp³-hybridized carbons (Fsp3) is 0.571. The second kappa shape index (κ2) is 8.07. The van der Waals surface area contributed by atoms with E-state index in [1.54, 1.807) is 18.3 Å². The van der Waals surface area contributed by atoms with Crippen LogP contribution in [0, 0.1) is 0 Å². The van der Waals surface area contributed by atoms with E-state index in [0.717, 1.165) is 12.8 Å².